The molecular weight excluding hydrogens is 924 g/mol. The zero-order valence-corrected chi connectivity index (χ0v) is 40.9. The van der Waals surface area contributed by atoms with E-state index in [1.807, 2.05) is 25.2 Å². The van der Waals surface area contributed by atoms with Crippen LogP contribution in [0.5, 0.6) is 5.75 Å². The van der Waals surface area contributed by atoms with E-state index in [9.17, 15) is 28.1 Å². The minimum absolute atomic E-state index is 0.00968. The van der Waals surface area contributed by atoms with Gasteiger partial charge in [-0.25, -0.2) is 13.9 Å². The first-order valence-electron chi connectivity index (χ1n) is 24.7. The molecule has 0 bridgehead atoms. The highest BCUT2D eigenvalue weighted by molar-refractivity contribution is 7.57. The Labute approximate surface area is 406 Å². The Bertz CT molecular complexity index is 2570. The topological polar surface area (TPSA) is 147 Å². The van der Waals surface area contributed by atoms with Gasteiger partial charge in [-0.3, -0.25) is 23.7 Å². The number of hydrogen-bond donors (Lipinski definition) is 2. The second-order valence-corrected chi connectivity index (χ2v) is 23.5. The van der Waals surface area contributed by atoms with E-state index >= 15 is 4.39 Å². The van der Waals surface area contributed by atoms with Gasteiger partial charge in [0.2, 0.25) is 17.7 Å². The van der Waals surface area contributed by atoms with Crippen molar-refractivity contribution in [2.24, 2.45) is 5.92 Å². The van der Waals surface area contributed by atoms with Crippen LogP contribution in [0.1, 0.15) is 110 Å². The van der Waals surface area contributed by atoms with Crippen LogP contribution in [0.2, 0.25) is 0 Å². The molecular formula is C52H62F2N5O8PS. The van der Waals surface area contributed by atoms with Gasteiger partial charge in [0, 0.05) is 53.4 Å². The number of rotatable bonds is 15. The van der Waals surface area contributed by atoms with Crippen molar-refractivity contribution in [2.45, 2.75) is 137 Å². The lowest BCUT2D eigenvalue weighted by atomic mass is 9.86. The third-order valence-corrected chi connectivity index (χ3v) is 18.9. The molecule has 69 heavy (non-hydrogen) atoms. The number of ether oxygens (including phenoxy) is 2. The summed E-state index contributed by atoms with van der Waals surface area (Å²) in [6, 6.07) is 21.9. The van der Waals surface area contributed by atoms with Crippen molar-refractivity contribution in [3.8, 4) is 5.75 Å². The number of halogens is 2. The average Bonchev–Trinajstić information content (AvgIpc) is 3.79. The molecule has 2 N–H and O–H groups in total. The fourth-order valence-corrected chi connectivity index (χ4v) is 14.3. The van der Waals surface area contributed by atoms with Crippen molar-refractivity contribution in [3.05, 3.63) is 101 Å². The molecule has 6 aliphatic rings. The Hall–Kier alpha value is -4.73. The highest BCUT2D eigenvalue weighted by atomic mass is 32.1. The first-order valence-corrected chi connectivity index (χ1v) is 27.2. The standard InChI is InChI=1S/C52H62F2N5O8PS/c1-32(51(63)66-31-33-19-22-65-30-33)56-68(64,67-42-11-7-4-8-12-42)47(54)35-13-18-45-36(23-35)24-46(69-45)48(60)55-43-16-14-39(57(2)41-25-38(53)26-41)27-40-15-17-44(59(40)49(43)61)50(62)58-29-37(28-52(58)20-21-52)34-9-5-3-6-10-34/h3-13,18,23-24,32-33,37-41,43-44,47H,14-17,19-22,25-31H2,1-2H3,(H,55,60)(H,56,64)/t32-,33-,37+,38?,39-,40+,41?,43-,44-,47+,68?/m0/s1. The van der Waals surface area contributed by atoms with Crippen molar-refractivity contribution in [3.63, 3.8) is 0 Å². The molecule has 3 aromatic carbocycles. The molecule has 4 aromatic rings. The molecule has 368 valence electrons. The molecule has 3 amide bonds. The maximum Gasteiger partial charge on any atom is 0.355 e. The number of carbonyl (C=O) groups excluding carboxylic acids is 4. The van der Waals surface area contributed by atoms with Crippen LogP contribution in [0, 0.1) is 5.92 Å². The highest BCUT2D eigenvalue weighted by Crippen LogP contribution is 2.58. The molecule has 0 radical (unpaired) electrons. The Morgan fingerprint density at radius 2 is 1.71 bits per heavy atom. The van der Waals surface area contributed by atoms with Gasteiger partial charge >= 0.3 is 13.5 Å². The van der Waals surface area contributed by atoms with Crippen molar-refractivity contribution in [2.75, 3.05) is 33.4 Å². The molecule has 10 rings (SSSR count). The fraction of sp³-hybridized carbons (Fsp3) is 0.538. The Morgan fingerprint density at radius 1 is 0.957 bits per heavy atom. The number of nitrogens with one attached hydrogen (secondary N) is 2. The third-order valence-electron chi connectivity index (χ3n) is 15.7. The van der Waals surface area contributed by atoms with Gasteiger partial charge in [-0.05, 0) is 131 Å². The van der Waals surface area contributed by atoms with E-state index in [1.165, 1.54) is 36.0 Å². The quantitative estimate of drug-likeness (QED) is 0.0877. The van der Waals surface area contributed by atoms with E-state index in [0.29, 0.717) is 79.7 Å². The molecule has 1 unspecified atom stereocenters. The predicted molar refractivity (Wildman–Crippen MR) is 259 cm³/mol. The number of benzene rings is 3. The maximum atomic E-state index is 16.9. The molecule has 2 saturated carbocycles. The highest BCUT2D eigenvalue weighted by Gasteiger charge is 2.59. The second-order valence-electron chi connectivity index (χ2n) is 20.3. The number of alkyl halides is 2. The number of esters is 1. The van der Waals surface area contributed by atoms with E-state index in [4.69, 9.17) is 14.0 Å². The van der Waals surface area contributed by atoms with E-state index in [-0.39, 0.29) is 65.2 Å². The van der Waals surface area contributed by atoms with Crippen molar-refractivity contribution >= 4 is 52.6 Å². The van der Waals surface area contributed by atoms with E-state index in [0.717, 1.165) is 25.7 Å². The number of fused-ring (bicyclic) bond motifs is 2. The SMILES string of the molecule is C[C@H](NP(=O)(Oc1ccccc1)[C@@H](F)c1ccc2sc(C(=O)N[C@H]3CC[C@H](N(C)C4CC(F)C4)C[C@H]4CC[C@@H](C(=O)N5C[C@H](c6ccccc6)CC56CC6)N4C3=O)cc2c1)C(=O)OC[C@H]1CCOC1. The summed E-state index contributed by atoms with van der Waals surface area (Å²) in [6.45, 7) is 3.25. The maximum absolute atomic E-state index is 16.9. The van der Waals surface area contributed by atoms with Crippen LogP contribution < -0.4 is 14.9 Å². The summed E-state index contributed by atoms with van der Waals surface area (Å²) in [7, 11) is -2.49. The Morgan fingerprint density at radius 3 is 2.42 bits per heavy atom. The van der Waals surface area contributed by atoms with Gasteiger partial charge in [-0.1, -0.05) is 54.6 Å². The summed E-state index contributed by atoms with van der Waals surface area (Å²) in [5.41, 5.74) is 1.04. The normalized spacial score (nSPS) is 29.1. The van der Waals surface area contributed by atoms with Gasteiger partial charge in [-0.15, -0.1) is 11.3 Å². The summed E-state index contributed by atoms with van der Waals surface area (Å²) in [6.07, 6.45) is 6.49. The molecule has 1 spiro atoms. The van der Waals surface area contributed by atoms with Crippen LogP contribution in [-0.4, -0.2) is 120 Å². The van der Waals surface area contributed by atoms with Gasteiger partial charge in [0.1, 0.15) is 30.0 Å². The summed E-state index contributed by atoms with van der Waals surface area (Å²) >= 11 is 1.18. The van der Waals surface area contributed by atoms with Crippen LogP contribution in [0.3, 0.4) is 0 Å². The first-order chi connectivity index (χ1) is 33.3. The van der Waals surface area contributed by atoms with Crippen LogP contribution in [0.4, 0.5) is 8.78 Å². The molecule has 17 heteroatoms. The summed E-state index contributed by atoms with van der Waals surface area (Å²) in [4.78, 5) is 63.6. The molecule has 6 fully saturated rings. The molecule has 2 aliphatic carbocycles. The third kappa shape index (κ3) is 9.98. The molecule has 9 atom stereocenters. The molecule has 4 aliphatic heterocycles. The fourth-order valence-electron chi connectivity index (χ4n) is 11.4. The first kappa shape index (κ1) is 47.9. The molecule has 1 aromatic heterocycles. The number of hydrogen-bond acceptors (Lipinski definition) is 10. The summed E-state index contributed by atoms with van der Waals surface area (Å²) in [5, 5.41) is 6.22. The van der Waals surface area contributed by atoms with Crippen LogP contribution in [-0.2, 0) is 28.4 Å². The zero-order valence-electron chi connectivity index (χ0n) is 39.2. The van der Waals surface area contributed by atoms with Gasteiger partial charge < -0.3 is 34.0 Å². The summed E-state index contributed by atoms with van der Waals surface area (Å²) < 4.78 is 63.0. The van der Waals surface area contributed by atoms with Crippen LogP contribution in [0.25, 0.3) is 10.1 Å². The van der Waals surface area contributed by atoms with Gasteiger partial charge in [0.05, 0.1) is 18.1 Å². The van der Waals surface area contributed by atoms with Crippen LogP contribution in [0.15, 0.2) is 84.9 Å². The number of thiophene rings is 1. The van der Waals surface area contributed by atoms with Crippen molar-refractivity contribution in [1.29, 1.82) is 0 Å². The minimum Gasteiger partial charge on any atom is -0.464 e. The number of nitrogens with zero attached hydrogens (tertiary/aromatic N) is 3. The lowest BCUT2D eigenvalue weighted by Gasteiger charge is -2.45. The molecule has 4 saturated heterocycles. The Balaban J connectivity index is 0.874. The van der Waals surface area contributed by atoms with Crippen molar-refractivity contribution < 1.29 is 46.5 Å². The number of likely N-dealkylation sites (tertiary alicyclic amines) is 1. The second kappa shape index (κ2) is 19.8. The predicted octanol–water partition coefficient (Wildman–Crippen LogP) is 8.69. The number of amides is 3. The number of para-hydroxylation sites is 1. The minimum atomic E-state index is -4.52. The Kier molecular flexibility index (Phi) is 13.8. The van der Waals surface area contributed by atoms with E-state index < -0.39 is 49.6 Å². The van der Waals surface area contributed by atoms with Gasteiger partial charge in [0.15, 0.2) is 0 Å². The van der Waals surface area contributed by atoms with Gasteiger partial charge in [-0.2, -0.15) is 0 Å². The largest absolute Gasteiger partial charge is 0.464 e. The zero-order chi connectivity index (χ0) is 48.0. The monoisotopic (exact) mass is 985 g/mol. The lowest BCUT2D eigenvalue weighted by Crippen LogP contribution is -2.59. The molecule has 5 heterocycles. The lowest BCUT2D eigenvalue weighted by molar-refractivity contribution is -0.148. The van der Waals surface area contributed by atoms with Gasteiger partial charge in [0.25, 0.3) is 5.91 Å². The summed E-state index contributed by atoms with van der Waals surface area (Å²) in [5.74, 6) is -3.26. The smallest absolute Gasteiger partial charge is 0.355 e. The van der Waals surface area contributed by atoms with E-state index in [1.54, 1.807) is 47.4 Å². The van der Waals surface area contributed by atoms with E-state index in [2.05, 4.69) is 32.3 Å². The van der Waals surface area contributed by atoms with Crippen molar-refractivity contribution in [1.82, 2.24) is 25.1 Å². The van der Waals surface area contributed by atoms with Crippen LogP contribution >= 0.6 is 18.9 Å². The molecule has 13 nitrogen and oxygen atoms in total. The average molecular weight is 986 g/mol. The number of carbonyl (C=O) groups is 4.